The van der Waals surface area contributed by atoms with Crippen LogP contribution in [0.25, 0.3) is 0 Å². The van der Waals surface area contributed by atoms with Gasteiger partial charge in [-0.2, -0.15) is 0 Å². The molecule has 1 saturated heterocycles. The molecule has 14 heteroatoms. The standard InChI is InChI=1S/C10H14FN2O9PS/c1-4-2-12(8-10(11,18)6(15)5(3-14)21-8)9(17)13(7(4)16)22-23(19,20)24/h2,5-6,8,14-15,18H,3H2,1H3,(H2,19,20,24)/t5-,6-,8-,10-/m1/s1. The summed E-state index contributed by atoms with van der Waals surface area (Å²) >= 11 is 4.17. The van der Waals surface area contributed by atoms with Crippen LogP contribution in [-0.2, 0) is 16.5 Å². The molecule has 0 aliphatic carbocycles. The number of halogens is 1. The van der Waals surface area contributed by atoms with E-state index in [-0.39, 0.29) is 10.3 Å². The minimum atomic E-state index is -4.48. The normalized spacial score (nSPS) is 30.5. The van der Waals surface area contributed by atoms with Gasteiger partial charge in [-0.1, -0.05) is 4.73 Å². The van der Waals surface area contributed by atoms with Crippen LogP contribution in [0.4, 0.5) is 4.39 Å². The lowest BCUT2D eigenvalue weighted by atomic mass is 10.1. The molecule has 0 amide bonds. The van der Waals surface area contributed by atoms with E-state index in [1.54, 1.807) is 0 Å². The maximum absolute atomic E-state index is 14.3. The fourth-order valence-electron chi connectivity index (χ4n) is 2.16. The molecule has 0 radical (unpaired) electrons. The van der Waals surface area contributed by atoms with Crippen molar-refractivity contribution in [2.45, 2.75) is 31.2 Å². The molecule has 4 atom stereocenters. The minimum Gasteiger partial charge on any atom is -0.394 e. The van der Waals surface area contributed by atoms with Crippen LogP contribution >= 0.6 is 6.72 Å². The summed E-state index contributed by atoms with van der Waals surface area (Å²) in [4.78, 5) is 42.3. The van der Waals surface area contributed by atoms with E-state index in [1.165, 1.54) is 6.92 Å². The Balaban J connectivity index is 2.62. The van der Waals surface area contributed by atoms with Crippen LogP contribution in [-0.4, -0.2) is 59.1 Å². The van der Waals surface area contributed by atoms with E-state index in [4.69, 9.17) is 19.6 Å². The first-order valence-corrected chi connectivity index (χ1v) is 8.98. The predicted molar refractivity (Wildman–Crippen MR) is 78.1 cm³/mol. The van der Waals surface area contributed by atoms with Crippen LogP contribution in [0.1, 0.15) is 11.8 Å². The molecule has 2 rings (SSSR count). The summed E-state index contributed by atoms with van der Waals surface area (Å²) < 4.78 is 23.8. The van der Waals surface area contributed by atoms with Crippen LogP contribution < -0.4 is 15.9 Å². The lowest BCUT2D eigenvalue weighted by Gasteiger charge is -2.24. The van der Waals surface area contributed by atoms with Gasteiger partial charge in [-0.25, -0.2) is 9.18 Å². The summed E-state index contributed by atoms with van der Waals surface area (Å²) in [6.45, 7) is -4.15. The van der Waals surface area contributed by atoms with Gasteiger partial charge in [0.1, 0.15) is 12.2 Å². The Labute approximate surface area is 137 Å². The zero-order chi connectivity index (χ0) is 18.4. The van der Waals surface area contributed by atoms with Gasteiger partial charge in [-0.3, -0.25) is 9.36 Å². The highest BCUT2D eigenvalue weighted by Gasteiger charge is 2.57. The molecule has 0 bridgehead atoms. The number of aliphatic hydroxyl groups excluding tert-OH is 2. The van der Waals surface area contributed by atoms with Gasteiger partial charge in [-0.15, -0.1) is 0 Å². The van der Waals surface area contributed by atoms with Crippen LogP contribution in [0.3, 0.4) is 0 Å². The molecule has 0 aromatic carbocycles. The molecule has 1 aromatic heterocycles. The Morgan fingerprint density at radius 2 is 2.08 bits per heavy atom. The number of aliphatic hydroxyl groups is 3. The van der Waals surface area contributed by atoms with Crippen molar-refractivity contribution in [3.05, 3.63) is 32.6 Å². The van der Waals surface area contributed by atoms with Gasteiger partial charge in [0.2, 0.25) is 0 Å². The molecule has 1 aliphatic rings. The summed E-state index contributed by atoms with van der Waals surface area (Å²) in [5, 5.41) is 28.3. The Morgan fingerprint density at radius 3 is 2.54 bits per heavy atom. The predicted octanol–water partition coefficient (Wildman–Crippen LogP) is -3.14. The highest BCUT2D eigenvalue weighted by molar-refractivity contribution is 8.06. The fraction of sp³-hybridized carbons (Fsp3) is 0.600. The van der Waals surface area contributed by atoms with E-state index < -0.39 is 48.9 Å². The van der Waals surface area contributed by atoms with Crippen LogP contribution in [0.2, 0.25) is 0 Å². The number of hydrogen-bond acceptors (Lipinski definition) is 8. The van der Waals surface area contributed by atoms with Crippen LogP contribution in [0, 0.1) is 6.92 Å². The van der Waals surface area contributed by atoms with Crippen molar-refractivity contribution >= 4 is 18.5 Å². The number of nitrogens with zero attached hydrogens (tertiary/aromatic N) is 2. The summed E-state index contributed by atoms with van der Waals surface area (Å²) in [5.41, 5.74) is -2.78. The number of aryl methyl sites for hydroxylation is 1. The average molecular weight is 388 g/mol. The highest BCUT2D eigenvalue weighted by Crippen LogP contribution is 2.38. The molecule has 11 nitrogen and oxygen atoms in total. The lowest BCUT2D eigenvalue weighted by Crippen LogP contribution is -2.49. The second-order valence-corrected chi connectivity index (χ2v) is 7.63. The largest absolute Gasteiger partial charge is 0.395 e. The third-order valence-electron chi connectivity index (χ3n) is 3.29. The van der Waals surface area contributed by atoms with Crippen molar-refractivity contribution in [2.24, 2.45) is 0 Å². The molecule has 136 valence electrons. The summed E-state index contributed by atoms with van der Waals surface area (Å²) in [6.07, 6.45) is -5.05. The van der Waals surface area contributed by atoms with Crippen molar-refractivity contribution in [3.8, 4) is 0 Å². The van der Waals surface area contributed by atoms with E-state index >= 15 is 0 Å². The number of rotatable bonds is 4. The first-order chi connectivity index (χ1) is 10.9. The number of ether oxygens (including phenoxy) is 1. The van der Waals surface area contributed by atoms with Crippen molar-refractivity contribution in [1.82, 2.24) is 9.30 Å². The second kappa shape index (κ2) is 6.28. The van der Waals surface area contributed by atoms with Crippen molar-refractivity contribution in [2.75, 3.05) is 6.61 Å². The Morgan fingerprint density at radius 1 is 1.50 bits per heavy atom. The summed E-state index contributed by atoms with van der Waals surface area (Å²) in [7, 11) is 0. The molecule has 5 N–H and O–H groups in total. The van der Waals surface area contributed by atoms with Gasteiger partial charge in [0.15, 0.2) is 6.23 Å². The molecule has 2 heterocycles. The van der Waals surface area contributed by atoms with Gasteiger partial charge in [0.25, 0.3) is 11.4 Å². The molecule has 1 aliphatic heterocycles. The monoisotopic (exact) mass is 388 g/mol. The van der Waals surface area contributed by atoms with E-state index in [0.717, 1.165) is 6.20 Å². The average Bonchev–Trinajstić information content (AvgIpc) is 2.69. The van der Waals surface area contributed by atoms with E-state index in [2.05, 4.69) is 16.4 Å². The van der Waals surface area contributed by atoms with E-state index in [1.807, 2.05) is 0 Å². The Bertz CT molecular complexity index is 802. The van der Waals surface area contributed by atoms with Gasteiger partial charge in [-0.05, 0) is 6.92 Å². The number of aromatic nitrogens is 2. The molecule has 0 saturated carbocycles. The van der Waals surface area contributed by atoms with Crippen LogP contribution in [0.5, 0.6) is 0 Å². The first kappa shape index (κ1) is 19.1. The van der Waals surface area contributed by atoms with Gasteiger partial charge in [0.05, 0.1) is 6.61 Å². The SMILES string of the molecule is Cc1cn([C@@H]2O[C@H](CO)[C@@H](O)[C@]2(O)F)c(=O)n(OP(O)(O)=S)c1=O. The molecule has 0 unspecified atom stereocenters. The van der Waals surface area contributed by atoms with Crippen LogP contribution in [0.15, 0.2) is 15.8 Å². The third kappa shape index (κ3) is 3.30. The topological polar surface area (TPSA) is 164 Å². The van der Waals surface area contributed by atoms with Crippen molar-refractivity contribution in [1.29, 1.82) is 0 Å². The minimum absolute atomic E-state index is 0.117. The van der Waals surface area contributed by atoms with E-state index in [0.29, 0.717) is 4.57 Å². The quantitative estimate of drug-likeness (QED) is 0.333. The van der Waals surface area contributed by atoms with E-state index in [9.17, 15) is 24.2 Å². The summed E-state index contributed by atoms with van der Waals surface area (Å²) in [6, 6.07) is 0. The molecular formula is C10H14FN2O9PS. The first-order valence-electron chi connectivity index (χ1n) is 6.36. The highest BCUT2D eigenvalue weighted by atomic mass is 32.5. The molecule has 1 fully saturated rings. The molecule has 24 heavy (non-hydrogen) atoms. The maximum atomic E-state index is 14.3. The third-order valence-corrected chi connectivity index (χ3v) is 3.86. The van der Waals surface area contributed by atoms with Crippen molar-refractivity contribution < 1.29 is 38.9 Å². The zero-order valence-electron chi connectivity index (χ0n) is 12.0. The van der Waals surface area contributed by atoms with Gasteiger partial charge < -0.3 is 34.5 Å². The maximum Gasteiger partial charge on any atom is 0.395 e. The summed E-state index contributed by atoms with van der Waals surface area (Å²) in [5.74, 6) is -3.48. The lowest BCUT2D eigenvalue weighted by molar-refractivity contribution is -0.197. The Kier molecular flexibility index (Phi) is 5.01. The Hall–Kier alpha value is -1.18. The zero-order valence-corrected chi connectivity index (χ0v) is 13.7. The van der Waals surface area contributed by atoms with Crippen molar-refractivity contribution in [3.63, 3.8) is 0 Å². The van der Waals surface area contributed by atoms with Gasteiger partial charge >= 0.3 is 12.4 Å². The molecule has 0 spiro atoms. The smallest absolute Gasteiger partial charge is 0.394 e. The molecular weight excluding hydrogens is 374 g/mol. The number of alkyl halides is 1. The number of hydrogen-bond donors (Lipinski definition) is 5. The second-order valence-electron chi connectivity index (χ2n) is 5.06. The van der Waals surface area contributed by atoms with Gasteiger partial charge in [0, 0.05) is 23.6 Å². The molecule has 1 aromatic rings. The fourth-order valence-corrected chi connectivity index (χ4v) is 2.72.